The van der Waals surface area contributed by atoms with Crippen LogP contribution in [0.15, 0.2) is 18.2 Å². The van der Waals surface area contributed by atoms with Crippen molar-refractivity contribution in [2.45, 2.75) is 40.0 Å². The highest BCUT2D eigenvalue weighted by molar-refractivity contribution is 6.05. The molecule has 0 heterocycles. The van der Waals surface area contributed by atoms with E-state index in [4.69, 9.17) is 18.9 Å². The fourth-order valence-corrected chi connectivity index (χ4v) is 2.23. The molecule has 0 N–H and O–H groups in total. The predicted octanol–water partition coefficient (Wildman–Crippen LogP) is 3.15. The topological polar surface area (TPSA) is 88.1 Å². The molecule has 0 unspecified atom stereocenters. The number of hydrogen-bond acceptors (Lipinski definition) is 7. The second-order valence-corrected chi connectivity index (χ2v) is 5.23. The number of carbonyl (C=O) groups excluding carboxylic acids is 3. The van der Waals surface area contributed by atoms with Gasteiger partial charge in [0.1, 0.15) is 11.3 Å². The Balaban J connectivity index is 2.79. The summed E-state index contributed by atoms with van der Waals surface area (Å²) in [5.41, 5.74) is 0.160. The molecule has 1 aromatic rings. The summed E-state index contributed by atoms with van der Waals surface area (Å²) in [5, 5.41) is 0. The van der Waals surface area contributed by atoms with Crippen molar-refractivity contribution in [3.8, 4) is 5.75 Å². The van der Waals surface area contributed by atoms with Crippen LogP contribution in [-0.2, 0) is 19.0 Å². The van der Waals surface area contributed by atoms with Crippen LogP contribution in [0.2, 0.25) is 0 Å². The van der Waals surface area contributed by atoms with Crippen LogP contribution in [0.25, 0.3) is 0 Å². The number of unbranched alkanes of at least 4 members (excludes halogenated alkanes) is 1. The van der Waals surface area contributed by atoms with Gasteiger partial charge in [-0.2, -0.15) is 0 Å². The van der Waals surface area contributed by atoms with Crippen LogP contribution in [0.4, 0.5) is 0 Å². The van der Waals surface area contributed by atoms with Gasteiger partial charge in [-0.3, -0.25) is 4.79 Å². The highest BCUT2D eigenvalue weighted by Crippen LogP contribution is 2.25. The molecule has 0 atom stereocenters. The van der Waals surface area contributed by atoms with Crippen LogP contribution in [0.3, 0.4) is 0 Å². The van der Waals surface area contributed by atoms with Gasteiger partial charge in [-0.25, -0.2) is 9.59 Å². The average molecular weight is 366 g/mol. The number of benzene rings is 1. The molecule has 144 valence electrons. The van der Waals surface area contributed by atoms with Gasteiger partial charge in [-0.15, -0.1) is 0 Å². The molecule has 0 spiro atoms. The average Bonchev–Trinajstić information content (AvgIpc) is 2.61. The van der Waals surface area contributed by atoms with Gasteiger partial charge in [0.25, 0.3) is 0 Å². The van der Waals surface area contributed by atoms with Crippen LogP contribution >= 0.6 is 0 Å². The van der Waals surface area contributed by atoms with E-state index >= 15 is 0 Å². The van der Waals surface area contributed by atoms with Crippen molar-refractivity contribution < 1.29 is 33.3 Å². The summed E-state index contributed by atoms with van der Waals surface area (Å²) in [4.78, 5) is 35.7. The van der Waals surface area contributed by atoms with Gasteiger partial charge in [0.05, 0.1) is 32.0 Å². The molecule has 0 fully saturated rings. The SMILES string of the molecule is CCOC(=O)CCCCOc1cccc(C(=O)OCC)c1C(=O)OCC. The van der Waals surface area contributed by atoms with Crippen molar-refractivity contribution in [2.24, 2.45) is 0 Å². The Bertz CT molecular complexity index is 610. The summed E-state index contributed by atoms with van der Waals surface area (Å²) >= 11 is 0. The summed E-state index contributed by atoms with van der Waals surface area (Å²) in [6, 6.07) is 4.71. The highest BCUT2D eigenvalue weighted by Gasteiger charge is 2.24. The maximum absolute atomic E-state index is 12.3. The lowest BCUT2D eigenvalue weighted by molar-refractivity contribution is -0.143. The Labute approximate surface area is 153 Å². The third-order valence-corrected chi connectivity index (χ3v) is 3.34. The smallest absolute Gasteiger partial charge is 0.342 e. The number of carbonyl (C=O) groups is 3. The highest BCUT2D eigenvalue weighted by atomic mass is 16.5. The van der Waals surface area contributed by atoms with Crippen LogP contribution < -0.4 is 4.74 Å². The summed E-state index contributed by atoms with van der Waals surface area (Å²) < 4.78 is 20.5. The molecular weight excluding hydrogens is 340 g/mol. The second kappa shape index (κ2) is 11.9. The van der Waals surface area contributed by atoms with E-state index in [1.54, 1.807) is 32.9 Å². The van der Waals surface area contributed by atoms with Gasteiger partial charge in [0, 0.05) is 6.42 Å². The Morgan fingerprint density at radius 2 is 1.50 bits per heavy atom. The fourth-order valence-electron chi connectivity index (χ4n) is 2.23. The number of hydrogen-bond donors (Lipinski definition) is 0. The molecule has 7 nitrogen and oxygen atoms in total. The van der Waals surface area contributed by atoms with E-state index in [9.17, 15) is 14.4 Å². The zero-order chi connectivity index (χ0) is 19.4. The minimum absolute atomic E-state index is 0.0539. The second-order valence-electron chi connectivity index (χ2n) is 5.23. The molecule has 0 saturated heterocycles. The Morgan fingerprint density at radius 1 is 0.846 bits per heavy atom. The minimum atomic E-state index is -0.641. The Morgan fingerprint density at radius 3 is 2.15 bits per heavy atom. The van der Waals surface area contributed by atoms with Crippen molar-refractivity contribution in [3.63, 3.8) is 0 Å². The number of ether oxygens (including phenoxy) is 4. The maximum atomic E-state index is 12.3. The molecule has 1 rings (SSSR count). The third kappa shape index (κ3) is 6.74. The lowest BCUT2D eigenvalue weighted by atomic mass is 10.1. The van der Waals surface area contributed by atoms with Gasteiger partial charge in [0.15, 0.2) is 0 Å². The van der Waals surface area contributed by atoms with Crippen LogP contribution in [0.5, 0.6) is 5.75 Å². The first kappa shape index (κ1) is 21.5. The van der Waals surface area contributed by atoms with Gasteiger partial charge < -0.3 is 18.9 Å². The first-order chi connectivity index (χ1) is 12.5. The summed E-state index contributed by atoms with van der Waals surface area (Å²) in [7, 11) is 0. The van der Waals surface area contributed by atoms with Crippen molar-refractivity contribution in [2.75, 3.05) is 26.4 Å². The summed E-state index contributed by atoms with van der Waals surface area (Å²) in [6.45, 7) is 6.15. The summed E-state index contributed by atoms with van der Waals surface area (Å²) in [5.74, 6) is -1.24. The van der Waals surface area contributed by atoms with Gasteiger partial charge >= 0.3 is 17.9 Å². The van der Waals surface area contributed by atoms with Crippen molar-refractivity contribution in [1.82, 2.24) is 0 Å². The molecule has 26 heavy (non-hydrogen) atoms. The van der Waals surface area contributed by atoms with Gasteiger partial charge in [-0.05, 0) is 45.7 Å². The zero-order valence-corrected chi connectivity index (χ0v) is 15.5. The quantitative estimate of drug-likeness (QED) is 0.338. The van der Waals surface area contributed by atoms with Crippen LogP contribution in [-0.4, -0.2) is 44.3 Å². The van der Waals surface area contributed by atoms with Crippen LogP contribution in [0.1, 0.15) is 60.7 Å². The molecular formula is C19H26O7. The fraction of sp³-hybridized carbons (Fsp3) is 0.526. The minimum Gasteiger partial charge on any atom is -0.493 e. The molecule has 0 aliphatic rings. The molecule has 0 aromatic heterocycles. The Hall–Kier alpha value is -2.57. The van der Waals surface area contributed by atoms with Crippen LogP contribution in [0, 0.1) is 0 Å². The normalized spacial score (nSPS) is 10.1. The monoisotopic (exact) mass is 366 g/mol. The molecule has 0 aliphatic heterocycles. The maximum Gasteiger partial charge on any atom is 0.342 e. The van der Waals surface area contributed by atoms with Crippen molar-refractivity contribution in [3.05, 3.63) is 29.3 Å². The Kier molecular flexibility index (Phi) is 9.82. The van der Waals surface area contributed by atoms with Crippen molar-refractivity contribution >= 4 is 17.9 Å². The van der Waals surface area contributed by atoms with Gasteiger partial charge in [0.2, 0.25) is 0 Å². The molecule has 0 amide bonds. The first-order valence-corrected chi connectivity index (χ1v) is 8.80. The van der Waals surface area contributed by atoms with Crippen molar-refractivity contribution in [1.29, 1.82) is 0 Å². The molecule has 0 aliphatic carbocycles. The summed E-state index contributed by atoms with van der Waals surface area (Å²) in [6.07, 6.45) is 1.51. The third-order valence-electron chi connectivity index (χ3n) is 3.34. The van der Waals surface area contributed by atoms with E-state index in [0.717, 1.165) is 0 Å². The molecule has 0 bridgehead atoms. The molecule has 0 saturated carbocycles. The zero-order valence-electron chi connectivity index (χ0n) is 15.5. The van der Waals surface area contributed by atoms with E-state index in [2.05, 4.69) is 0 Å². The largest absolute Gasteiger partial charge is 0.493 e. The standard InChI is InChI=1S/C19H26O7/c1-4-23-16(20)12-7-8-13-26-15-11-9-10-14(18(21)24-5-2)17(15)19(22)25-6-3/h9-11H,4-8,12-13H2,1-3H3. The van der Waals surface area contributed by atoms with E-state index in [1.807, 2.05) is 0 Å². The molecule has 0 radical (unpaired) electrons. The lowest BCUT2D eigenvalue weighted by Crippen LogP contribution is -2.16. The van der Waals surface area contributed by atoms with E-state index < -0.39 is 11.9 Å². The number of esters is 3. The first-order valence-electron chi connectivity index (χ1n) is 8.80. The predicted molar refractivity (Wildman–Crippen MR) is 94.3 cm³/mol. The lowest BCUT2D eigenvalue weighted by Gasteiger charge is -2.14. The van der Waals surface area contributed by atoms with Gasteiger partial charge in [-0.1, -0.05) is 6.07 Å². The van der Waals surface area contributed by atoms with E-state index in [1.165, 1.54) is 6.07 Å². The number of rotatable bonds is 11. The molecule has 7 heteroatoms. The van der Waals surface area contributed by atoms with E-state index in [-0.39, 0.29) is 42.7 Å². The van der Waals surface area contributed by atoms with E-state index in [0.29, 0.717) is 25.9 Å². The molecule has 1 aromatic carbocycles.